The molecule has 0 aliphatic carbocycles. The normalized spacial score (nSPS) is 14.4. The molecule has 1 aromatic rings. The number of phenols is 1. The first-order valence-corrected chi connectivity index (χ1v) is 7.73. The highest BCUT2D eigenvalue weighted by atomic mass is 19.4. The molecule has 1 rings (SSSR count). The van der Waals surface area contributed by atoms with Gasteiger partial charge >= 0.3 is 41.7 Å². The summed E-state index contributed by atoms with van der Waals surface area (Å²) in [5.74, 6) is -43.8. The molecule has 20 heteroatoms. The fraction of sp³-hybridized carbons (Fsp3) is 0.429. The van der Waals surface area contributed by atoms with Crippen LogP contribution >= 0.6 is 0 Å². The van der Waals surface area contributed by atoms with Gasteiger partial charge in [0.05, 0.1) is 11.1 Å². The molecule has 34 heavy (non-hydrogen) atoms. The van der Waals surface area contributed by atoms with Gasteiger partial charge in [-0.2, -0.15) is 62.2 Å². The third-order valence-corrected chi connectivity index (χ3v) is 3.81. The van der Waals surface area contributed by atoms with E-state index in [0.717, 1.165) is 0 Å². The van der Waals surface area contributed by atoms with Crippen LogP contribution in [0.25, 0.3) is 0 Å². The maximum atomic E-state index is 13.6. The quantitative estimate of drug-likeness (QED) is 0.225. The van der Waals surface area contributed by atoms with Crippen molar-refractivity contribution in [1.82, 2.24) is 5.43 Å². The van der Waals surface area contributed by atoms with E-state index in [9.17, 15) is 77.1 Å². The van der Waals surface area contributed by atoms with Gasteiger partial charge in [-0.3, -0.25) is 14.9 Å². The Morgan fingerprint density at radius 1 is 0.882 bits per heavy atom. The van der Waals surface area contributed by atoms with Gasteiger partial charge in [0.1, 0.15) is 5.75 Å². The lowest BCUT2D eigenvalue weighted by atomic mass is 9.93. The van der Waals surface area contributed by atoms with Crippen LogP contribution in [0.5, 0.6) is 5.75 Å². The molecule has 0 bridgehead atoms. The zero-order valence-corrected chi connectivity index (χ0v) is 15.3. The maximum Gasteiger partial charge on any atom is 0.460 e. The molecule has 1 amide bonds. The van der Waals surface area contributed by atoms with Gasteiger partial charge in [-0.05, 0) is 6.07 Å². The molecule has 192 valence electrons. The summed E-state index contributed by atoms with van der Waals surface area (Å²) in [6.07, 6.45) is -7.56. The molecule has 0 aliphatic heterocycles. The molecule has 0 spiro atoms. The number of hydrazone groups is 1. The van der Waals surface area contributed by atoms with Gasteiger partial charge in [0.25, 0.3) is 5.69 Å². The van der Waals surface area contributed by atoms with E-state index in [1.807, 2.05) is 0 Å². The number of non-ortho nitro benzene ring substituents is 1. The van der Waals surface area contributed by atoms with E-state index in [1.165, 1.54) is 0 Å². The van der Waals surface area contributed by atoms with E-state index in [1.54, 1.807) is 0 Å². The number of nitrogens with zero attached hydrogens (tertiary/aromatic N) is 2. The van der Waals surface area contributed by atoms with Crippen molar-refractivity contribution < 1.29 is 71.9 Å². The zero-order chi connectivity index (χ0) is 27.1. The molecule has 0 saturated heterocycles. The number of aromatic hydroxyl groups is 1. The van der Waals surface area contributed by atoms with Crippen molar-refractivity contribution in [3.05, 3.63) is 33.9 Å². The molecular formula is C14H6F13N3O4. The fourth-order valence-corrected chi connectivity index (χ4v) is 1.90. The highest BCUT2D eigenvalue weighted by Gasteiger charge is 2.91. The highest BCUT2D eigenvalue weighted by Crippen LogP contribution is 2.60. The molecule has 0 unspecified atom stereocenters. The monoisotopic (exact) mass is 527 g/mol. The van der Waals surface area contributed by atoms with Crippen LogP contribution in [0.2, 0.25) is 0 Å². The lowest BCUT2D eigenvalue weighted by molar-refractivity contribution is -0.436. The van der Waals surface area contributed by atoms with Crippen LogP contribution in [0.3, 0.4) is 0 Å². The molecule has 2 N–H and O–H groups in total. The Hall–Kier alpha value is -3.35. The molecular weight excluding hydrogens is 521 g/mol. The standard InChI is InChI=1S/C14H6F13N3O4/c15-9(16,8(32)29-28-4-5-3-6(30(33)34)1-2-7(5)31)10(17,18)11(19,20)12(21,22)13(23,24)14(25,26)27/h1-4,31H,(H,29,32)/b28-4-. The average molecular weight is 527 g/mol. The topological polar surface area (TPSA) is 105 Å². The molecule has 0 aromatic heterocycles. The Labute approximate surface area is 177 Å². The molecule has 0 aliphatic rings. The molecule has 0 heterocycles. The number of hydrogen-bond donors (Lipinski definition) is 2. The summed E-state index contributed by atoms with van der Waals surface area (Å²) in [7, 11) is 0. The predicted octanol–water partition coefficient (Wildman–Crippen LogP) is 4.49. The number of nitro groups is 1. The summed E-state index contributed by atoms with van der Waals surface area (Å²) >= 11 is 0. The van der Waals surface area contributed by atoms with Gasteiger partial charge in [0.2, 0.25) is 0 Å². The number of benzene rings is 1. The first kappa shape index (κ1) is 28.7. The second-order valence-corrected chi connectivity index (χ2v) is 6.07. The summed E-state index contributed by atoms with van der Waals surface area (Å²) in [5, 5.41) is 22.4. The lowest BCUT2D eigenvalue weighted by Crippen LogP contribution is -2.71. The fourth-order valence-electron chi connectivity index (χ4n) is 1.90. The van der Waals surface area contributed by atoms with E-state index in [0.29, 0.717) is 23.6 Å². The minimum atomic E-state index is -8.18. The van der Waals surface area contributed by atoms with Crippen LogP contribution in [0.4, 0.5) is 62.8 Å². The number of nitrogens with one attached hydrogen (secondary N) is 1. The van der Waals surface area contributed by atoms with E-state index in [-0.39, 0.29) is 6.21 Å². The van der Waals surface area contributed by atoms with Crippen LogP contribution < -0.4 is 5.43 Å². The van der Waals surface area contributed by atoms with Crippen molar-refractivity contribution in [2.24, 2.45) is 5.10 Å². The van der Waals surface area contributed by atoms with Crippen LogP contribution in [0.1, 0.15) is 5.56 Å². The van der Waals surface area contributed by atoms with Crippen molar-refractivity contribution in [1.29, 1.82) is 0 Å². The van der Waals surface area contributed by atoms with E-state index >= 15 is 0 Å². The lowest BCUT2D eigenvalue weighted by Gasteiger charge is -2.38. The number of carbonyl (C=O) groups excluding carboxylic acids is 1. The Morgan fingerprint density at radius 3 is 1.79 bits per heavy atom. The van der Waals surface area contributed by atoms with Crippen molar-refractivity contribution >= 4 is 17.8 Å². The second-order valence-electron chi connectivity index (χ2n) is 6.07. The number of carbonyl (C=O) groups is 1. The molecule has 0 atom stereocenters. The number of hydrogen-bond acceptors (Lipinski definition) is 5. The zero-order valence-electron chi connectivity index (χ0n) is 15.3. The second kappa shape index (κ2) is 8.46. The summed E-state index contributed by atoms with van der Waals surface area (Å²) in [6.45, 7) is 0. The highest BCUT2D eigenvalue weighted by molar-refractivity contribution is 5.88. The SMILES string of the molecule is O=C(N/N=C\c1cc([N+](=O)[O-])ccc1O)C(F)(F)C(F)(F)C(F)(F)C(F)(F)C(F)(F)C(F)(F)F. The number of halogens is 13. The minimum absolute atomic E-state index is 0.0407. The first-order chi connectivity index (χ1) is 15.0. The number of phenolic OH excluding ortho intramolecular Hbond substituents is 1. The Balaban J connectivity index is 3.29. The molecule has 0 saturated carbocycles. The number of amides is 1. The third-order valence-electron chi connectivity index (χ3n) is 3.81. The maximum absolute atomic E-state index is 13.6. The molecule has 7 nitrogen and oxygen atoms in total. The van der Waals surface area contributed by atoms with Crippen LogP contribution in [0, 0.1) is 10.1 Å². The van der Waals surface area contributed by atoms with Gasteiger partial charge in [-0.1, -0.05) is 0 Å². The van der Waals surface area contributed by atoms with Gasteiger partial charge in [0.15, 0.2) is 0 Å². The molecule has 0 fully saturated rings. The summed E-state index contributed by atoms with van der Waals surface area (Å²) in [6, 6.07) is 1.78. The van der Waals surface area contributed by atoms with Crippen LogP contribution in [0.15, 0.2) is 23.3 Å². The summed E-state index contributed by atoms with van der Waals surface area (Å²) in [4.78, 5) is 20.7. The predicted molar refractivity (Wildman–Crippen MR) is 81.3 cm³/mol. The van der Waals surface area contributed by atoms with Gasteiger partial charge in [0, 0.05) is 17.7 Å². The Kier molecular flexibility index (Phi) is 7.13. The molecule has 0 radical (unpaired) electrons. The van der Waals surface area contributed by atoms with Crippen LogP contribution in [-0.2, 0) is 4.79 Å². The minimum Gasteiger partial charge on any atom is -0.507 e. The summed E-state index contributed by atoms with van der Waals surface area (Å²) < 4.78 is 168. The summed E-state index contributed by atoms with van der Waals surface area (Å²) in [5.41, 5.74) is -1.18. The van der Waals surface area contributed by atoms with Crippen molar-refractivity contribution in [3.63, 3.8) is 0 Å². The average Bonchev–Trinajstić information content (AvgIpc) is 2.67. The number of nitro benzene ring substituents is 1. The van der Waals surface area contributed by atoms with E-state index in [2.05, 4.69) is 5.10 Å². The van der Waals surface area contributed by atoms with Crippen LogP contribution in [-0.4, -0.2) is 57.9 Å². The number of rotatable bonds is 8. The van der Waals surface area contributed by atoms with Crippen molar-refractivity contribution in [2.75, 3.05) is 0 Å². The first-order valence-electron chi connectivity index (χ1n) is 7.73. The van der Waals surface area contributed by atoms with Gasteiger partial charge in [-0.15, -0.1) is 0 Å². The largest absolute Gasteiger partial charge is 0.507 e. The van der Waals surface area contributed by atoms with Gasteiger partial charge in [-0.25, -0.2) is 5.43 Å². The van der Waals surface area contributed by atoms with Crippen molar-refractivity contribution in [3.8, 4) is 5.75 Å². The Morgan fingerprint density at radius 2 is 1.35 bits per heavy atom. The third kappa shape index (κ3) is 4.39. The van der Waals surface area contributed by atoms with Gasteiger partial charge < -0.3 is 5.11 Å². The Bertz CT molecular complexity index is 992. The smallest absolute Gasteiger partial charge is 0.460 e. The van der Waals surface area contributed by atoms with E-state index in [4.69, 9.17) is 0 Å². The van der Waals surface area contributed by atoms with Crippen molar-refractivity contribution in [2.45, 2.75) is 35.8 Å². The van der Waals surface area contributed by atoms with E-state index < -0.39 is 63.6 Å². The number of alkyl halides is 13. The molecule has 1 aromatic carbocycles.